The molecular formula is C11H15N3O2S. The Morgan fingerprint density at radius 3 is 2.82 bits per heavy atom. The van der Waals surface area contributed by atoms with E-state index >= 15 is 0 Å². The molecule has 2 aromatic rings. The van der Waals surface area contributed by atoms with Crippen LogP contribution >= 0.6 is 0 Å². The lowest BCUT2D eigenvalue weighted by Crippen LogP contribution is -2.35. The molecule has 6 heteroatoms. The first-order valence-corrected chi connectivity index (χ1v) is 6.84. The van der Waals surface area contributed by atoms with Gasteiger partial charge in [-0.1, -0.05) is 18.2 Å². The maximum atomic E-state index is 11.2. The number of H-pyrrole nitrogens is 1. The van der Waals surface area contributed by atoms with Crippen LogP contribution in [0.4, 0.5) is 0 Å². The molecule has 0 atom stereocenters. The Labute approximate surface area is 100 Å². The fourth-order valence-corrected chi connectivity index (χ4v) is 2.25. The topological polar surface area (TPSA) is 74.0 Å². The third-order valence-electron chi connectivity index (χ3n) is 2.63. The van der Waals surface area contributed by atoms with Gasteiger partial charge >= 0.3 is 0 Å². The summed E-state index contributed by atoms with van der Waals surface area (Å²) >= 11 is 0. The highest BCUT2D eigenvalue weighted by atomic mass is 32.2. The Morgan fingerprint density at radius 2 is 2.06 bits per heavy atom. The largest absolute Gasteiger partial charge is 0.361 e. The minimum atomic E-state index is -3.34. The third kappa shape index (κ3) is 2.85. The zero-order valence-electron chi connectivity index (χ0n) is 9.53. The average Bonchev–Trinajstić information content (AvgIpc) is 2.73. The molecule has 0 spiro atoms. The van der Waals surface area contributed by atoms with Gasteiger partial charge in [0.1, 0.15) is 0 Å². The Hall–Kier alpha value is -1.37. The standard InChI is InChI=1S/C11H15N3O2S/c1-12-17(15,16)14-7-6-9-8-13-11-5-3-2-4-10(9)11/h2-5,8,12-14H,6-7H2,1H3. The maximum Gasteiger partial charge on any atom is 0.276 e. The van der Waals surface area contributed by atoms with Gasteiger partial charge in [-0.2, -0.15) is 8.42 Å². The van der Waals surface area contributed by atoms with Crippen molar-refractivity contribution in [2.75, 3.05) is 13.6 Å². The number of fused-ring (bicyclic) bond motifs is 1. The van der Waals surface area contributed by atoms with Crippen LogP contribution < -0.4 is 9.44 Å². The Bertz CT molecular complexity index is 604. The van der Waals surface area contributed by atoms with Crippen LogP contribution in [0.2, 0.25) is 0 Å². The van der Waals surface area contributed by atoms with E-state index in [1.807, 2.05) is 30.5 Å². The fraction of sp³-hybridized carbons (Fsp3) is 0.273. The van der Waals surface area contributed by atoms with Gasteiger partial charge in [0.15, 0.2) is 0 Å². The highest BCUT2D eigenvalue weighted by molar-refractivity contribution is 7.87. The van der Waals surface area contributed by atoms with Crippen LogP contribution in [-0.2, 0) is 16.6 Å². The number of rotatable bonds is 5. The van der Waals surface area contributed by atoms with Crippen molar-refractivity contribution >= 4 is 21.1 Å². The Morgan fingerprint density at radius 1 is 1.29 bits per heavy atom. The summed E-state index contributed by atoms with van der Waals surface area (Å²) in [7, 11) is -1.95. The van der Waals surface area contributed by atoms with Crippen molar-refractivity contribution in [3.05, 3.63) is 36.0 Å². The summed E-state index contributed by atoms with van der Waals surface area (Å²) in [4.78, 5) is 3.16. The van der Waals surface area contributed by atoms with Crippen molar-refractivity contribution in [3.8, 4) is 0 Å². The first-order chi connectivity index (χ1) is 8.12. The van der Waals surface area contributed by atoms with Gasteiger partial charge in [-0.05, 0) is 18.1 Å². The van der Waals surface area contributed by atoms with E-state index in [4.69, 9.17) is 0 Å². The lowest BCUT2D eigenvalue weighted by molar-refractivity contribution is 0.573. The first-order valence-electron chi connectivity index (χ1n) is 5.35. The van der Waals surface area contributed by atoms with Gasteiger partial charge in [-0.25, -0.2) is 9.44 Å². The smallest absolute Gasteiger partial charge is 0.276 e. The van der Waals surface area contributed by atoms with Crippen molar-refractivity contribution in [3.63, 3.8) is 0 Å². The van der Waals surface area contributed by atoms with Crippen LogP contribution in [0.25, 0.3) is 10.9 Å². The Balaban J connectivity index is 2.05. The van der Waals surface area contributed by atoms with Gasteiger partial charge in [0, 0.05) is 30.7 Å². The minimum Gasteiger partial charge on any atom is -0.361 e. The second-order valence-electron chi connectivity index (χ2n) is 3.71. The van der Waals surface area contributed by atoms with Crippen LogP contribution in [-0.4, -0.2) is 27.0 Å². The third-order valence-corrected chi connectivity index (χ3v) is 3.75. The summed E-state index contributed by atoms with van der Waals surface area (Å²) < 4.78 is 27.0. The number of benzene rings is 1. The molecule has 2 rings (SSSR count). The molecule has 1 heterocycles. The number of nitrogens with one attached hydrogen (secondary N) is 3. The lowest BCUT2D eigenvalue weighted by atomic mass is 10.1. The Kier molecular flexibility index (Phi) is 3.46. The molecule has 0 bridgehead atoms. The van der Waals surface area contributed by atoms with Gasteiger partial charge in [0.05, 0.1) is 0 Å². The van der Waals surface area contributed by atoms with Gasteiger partial charge < -0.3 is 4.98 Å². The lowest BCUT2D eigenvalue weighted by Gasteiger charge is -2.04. The van der Waals surface area contributed by atoms with Gasteiger partial charge in [-0.15, -0.1) is 0 Å². The van der Waals surface area contributed by atoms with Crippen molar-refractivity contribution in [1.82, 2.24) is 14.4 Å². The molecule has 0 amide bonds. The van der Waals surface area contributed by atoms with Crippen LogP contribution in [0.3, 0.4) is 0 Å². The fourth-order valence-electron chi connectivity index (χ4n) is 1.73. The molecule has 3 N–H and O–H groups in total. The molecule has 0 saturated heterocycles. The van der Waals surface area contributed by atoms with Gasteiger partial charge in [0.25, 0.3) is 10.2 Å². The minimum absolute atomic E-state index is 0.380. The summed E-state index contributed by atoms with van der Waals surface area (Å²) in [5.41, 5.74) is 2.18. The molecule has 92 valence electrons. The summed E-state index contributed by atoms with van der Waals surface area (Å²) in [6.45, 7) is 0.380. The zero-order chi connectivity index (χ0) is 12.3. The molecule has 0 aliphatic rings. The number of aromatic amines is 1. The summed E-state index contributed by atoms with van der Waals surface area (Å²) in [6, 6.07) is 7.95. The van der Waals surface area contributed by atoms with E-state index in [9.17, 15) is 8.42 Å². The molecule has 0 radical (unpaired) electrons. The first kappa shape index (κ1) is 12.1. The SMILES string of the molecule is CNS(=O)(=O)NCCc1c[nH]c2ccccc12. The van der Waals surface area contributed by atoms with Crippen LogP contribution in [0.1, 0.15) is 5.56 Å². The molecule has 1 aromatic carbocycles. The molecule has 0 aliphatic heterocycles. The molecule has 0 unspecified atom stereocenters. The molecule has 1 aromatic heterocycles. The normalized spacial score (nSPS) is 12.1. The molecule has 0 aliphatic carbocycles. The summed E-state index contributed by atoms with van der Waals surface area (Å²) in [6.07, 6.45) is 2.57. The molecule has 0 saturated carbocycles. The van der Waals surface area contributed by atoms with E-state index < -0.39 is 10.2 Å². The van der Waals surface area contributed by atoms with Crippen LogP contribution in [0, 0.1) is 0 Å². The average molecular weight is 253 g/mol. The highest BCUT2D eigenvalue weighted by Gasteiger charge is 2.06. The van der Waals surface area contributed by atoms with Crippen molar-refractivity contribution in [1.29, 1.82) is 0 Å². The number of para-hydroxylation sites is 1. The predicted octanol–water partition coefficient (Wildman–Crippen LogP) is 0.764. The number of aromatic nitrogens is 1. The summed E-state index contributed by atoms with van der Waals surface area (Å²) in [5.74, 6) is 0. The molecular weight excluding hydrogens is 238 g/mol. The van der Waals surface area contributed by atoms with Gasteiger partial charge in [-0.3, -0.25) is 0 Å². The van der Waals surface area contributed by atoms with E-state index in [0.717, 1.165) is 16.5 Å². The van der Waals surface area contributed by atoms with E-state index in [2.05, 4.69) is 14.4 Å². The van der Waals surface area contributed by atoms with Gasteiger partial charge in [0.2, 0.25) is 0 Å². The van der Waals surface area contributed by atoms with Crippen molar-refractivity contribution in [2.24, 2.45) is 0 Å². The molecule has 17 heavy (non-hydrogen) atoms. The second-order valence-corrected chi connectivity index (χ2v) is 5.42. The zero-order valence-corrected chi connectivity index (χ0v) is 10.3. The van der Waals surface area contributed by atoms with E-state index in [0.29, 0.717) is 13.0 Å². The van der Waals surface area contributed by atoms with Crippen LogP contribution in [0.15, 0.2) is 30.5 Å². The van der Waals surface area contributed by atoms with E-state index in [1.54, 1.807) is 0 Å². The quantitative estimate of drug-likeness (QED) is 0.736. The second kappa shape index (κ2) is 4.87. The monoisotopic (exact) mass is 253 g/mol. The predicted molar refractivity (Wildman–Crippen MR) is 68.0 cm³/mol. The van der Waals surface area contributed by atoms with Crippen LogP contribution in [0.5, 0.6) is 0 Å². The number of hydrogen-bond donors (Lipinski definition) is 3. The molecule has 5 nitrogen and oxygen atoms in total. The highest BCUT2D eigenvalue weighted by Crippen LogP contribution is 2.17. The summed E-state index contributed by atoms with van der Waals surface area (Å²) in [5, 5.41) is 1.14. The maximum absolute atomic E-state index is 11.2. The van der Waals surface area contributed by atoms with Crippen molar-refractivity contribution in [2.45, 2.75) is 6.42 Å². The van der Waals surface area contributed by atoms with Crippen molar-refractivity contribution < 1.29 is 8.42 Å². The van der Waals surface area contributed by atoms with E-state index in [-0.39, 0.29) is 0 Å². The number of hydrogen-bond acceptors (Lipinski definition) is 2. The van der Waals surface area contributed by atoms with E-state index in [1.165, 1.54) is 7.05 Å². The molecule has 0 fully saturated rings.